The van der Waals surface area contributed by atoms with Crippen LogP contribution in [0.25, 0.3) is 0 Å². The second-order valence-electron chi connectivity index (χ2n) is 9.69. The maximum absolute atomic E-state index is 13.6. The van der Waals surface area contributed by atoms with Crippen LogP contribution in [0.5, 0.6) is 0 Å². The van der Waals surface area contributed by atoms with Crippen molar-refractivity contribution in [3.05, 3.63) is 106 Å². The molecule has 0 aromatic heterocycles. The molecule has 0 aliphatic carbocycles. The summed E-state index contributed by atoms with van der Waals surface area (Å²) in [6.45, 7) is 3.34. The normalized spacial score (nSPS) is 13.3. The van der Waals surface area contributed by atoms with Gasteiger partial charge in [0.25, 0.3) is 5.69 Å². The van der Waals surface area contributed by atoms with Gasteiger partial charge < -0.3 is 10.2 Å². The van der Waals surface area contributed by atoms with Gasteiger partial charge in [0.2, 0.25) is 10.0 Å². The molecule has 10 nitrogen and oxygen atoms in total. The Bertz CT molecular complexity index is 1330. The van der Waals surface area contributed by atoms with Gasteiger partial charge in [0.05, 0.1) is 22.0 Å². The Morgan fingerprint density at radius 3 is 1.92 bits per heavy atom. The summed E-state index contributed by atoms with van der Waals surface area (Å²) in [5, 5.41) is 32.6. The minimum absolute atomic E-state index is 0.00398. The molecule has 0 fully saturated rings. The van der Waals surface area contributed by atoms with E-state index in [1.807, 2.05) is 50.2 Å². The lowest BCUT2D eigenvalue weighted by atomic mass is 9.98. The van der Waals surface area contributed by atoms with Crippen molar-refractivity contribution in [3.8, 4) is 0 Å². The molecule has 0 bridgehead atoms. The van der Waals surface area contributed by atoms with Crippen LogP contribution < -0.4 is 0 Å². The molecule has 0 radical (unpaired) electrons. The van der Waals surface area contributed by atoms with Crippen LogP contribution in [-0.4, -0.2) is 64.1 Å². The average molecular weight is 556 g/mol. The van der Waals surface area contributed by atoms with Crippen molar-refractivity contribution < 1.29 is 28.3 Å². The highest BCUT2D eigenvalue weighted by atomic mass is 32.2. The number of aliphatic hydroxyl groups excluding tert-OH is 1. The van der Waals surface area contributed by atoms with E-state index < -0.39 is 33.2 Å². The van der Waals surface area contributed by atoms with Gasteiger partial charge in [-0.2, -0.15) is 4.31 Å². The predicted octanol–water partition coefficient (Wildman–Crippen LogP) is 4.39. The van der Waals surface area contributed by atoms with Gasteiger partial charge in [-0.05, 0) is 35.6 Å². The number of non-ortho nitro benzene ring substituents is 1. The summed E-state index contributed by atoms with van der Waals surface area (Å²) in [7, 11) is -4.16. The van der Waals surface area contributed by atoms with Crippen molar-refractivity contribution in [2.75, 3.05) is 13.1 Å². The average Bonchev–Trinajstić information content (AvgIpc) is 2.91. The number of benzene rings is 3. The van der Waals surface area contributed by atoms with Crippen LogP contribution in [0.3, 0.4) is 0 Å². The zero-order valence-corrected chi connectivity index (χ0v) is 22.6. The molecule has 3 aromatic carbocycles. The summed E-state index contributed by atoms with van der Waals surface area (Å²) in [5.41, 5.74) is 1.27. The standard InChI is InChI=1S/C28H33N3O7S/c1-21(2)18-29(39(37,38)25-15-13-24(14-16-25)31(35)36)20-27(32)26(17-22-9-5-3-6-10-22)30(28(33)34)19-23-11-7-4-8-12-23/h3-16,21,26-27,32H,17-20H2,1-2H3,(H,33,34)/t26-,27+/m0/s1. The predicted molar refractivity (Wildman–Crippen MR) is 147 cm³/mol. The largest absolute Gasteiger partial charge is 0.465 e. The molecular weight excluding hydrogens is 522 g/mol. The Morgan fingerprint density at radius 2 is 1.44 bits per heavy atom. The highest BCUT2D eigenvalue weighted by Crippen LogP contribution is 2.23. The minimum Gasteiger partial charge on any atom is -0.465 e. The van der Waals surface area contributed by atoms with Gasteiger partial charge in [-0.15, -0.1) is 0 Å². The van der Waals surface area contributed by atoms with Crippen LogP contribution in [-0.2, 0) is 23.0 Å². The Labute approximate surface area is 228 Å². The number of nitrogens with zero attached hydrogens (tertiary/aromatic N) is 3. The third kappa shape index (κ3) is 8.09. The molecule has 2 atom stereocenters. The van der Waals surface area contributed by atoms with Crippen molar-refractivity contribution in [3.63, 3.8) is 0 Å². The van der Waals surface area contributed by atoms with Crippen LogP contribution >= 0.6 is 0 Å². The summed E-state index contributed by atoms with van der Waals surface area (Å²) in [6, 6.07) is 21.6. The number of rotatable bonds is 13. The summed E-state index contributed by atoms with van der Waals surface area (Å²) in [6.07, 6.45) is -2.46. The summed E-state index contributed by atoms with van der Waals surface area (Å²) < 4.78 is 28.3. The van der Waals surface area contributed by atoms with Crippen LogP contribution in [0, 0.1) is 16.0 Å². The molecule has 39 heavy (non-hydrogen) atoms. The van der Waals surface area contributed by atoms with Gasteiger partial charge in [0.1, 0.15) is 0 Å². The molecule has 0 heterocycles. The lowest BCUT2D eigenvalue weighted by molar-refractivity contribution is -0.384. The fourth-order valence-electron chi connectivity index (χ4n) is 4.31. The number of hydrogen-bond acceptors (Lipinski definition) is 6. The summed E-state index contributed by atoms with van der Waals surface area (Å²) in [4.78, 5) is 23.8. The molecule has 11 heteroatoms. The highest BCUT2D eigenvalue weighted by molar-refractivity contribution is 7.89. The van der Waals surface area contributed by atoms with E-state index in [2.05, 4.69) is 0 Å². The van der Waals surface area contributed by atoms with E-state index in [9.17, 15) is 33.5 Å². The third-order valence-electron chi connectivity index (χ3n) is 6.22. The topological polar surface area (TPSA) is 141 Å². The molecular formula is C28H33N3O7S. The van der Waals surface area contributed by atoms with Gasteiger partial charge >= 0.3 is 6.09 Å². The number of carbonyl (C=O) groups is 1. The van der Waals surface area contributed by atoms with E-state index in [1.54, 1.807) is 24.3 Å². The first-order valence-electron chi connectivity index (χ1n) is 12.5. The number of sulfonamides is 1. The van der Waals surface area contributed by atoms with Crippen LogP contribution in [0.1, 0.15) is 25.0 Å². The minimum atomic E-state index is -4.16. The third-order valence-corrected chi connectivity index (χ3v) is 8.06. The lowest BCUT2D eigenvalue weighted by Gasteiger charge is -2.36. The number of hydrogen-bond donors (Lipinski definition) is 2. The molecule has 2 N–H and O–H groups in total. The molecule has 0 saturated carbocycles. The van der Waals surface area contributed by atoms with Crippen molar-refractivity contribution in [2.45, 2.75) is 43.9 Å². The summed E-state index contributed by atoms with van der Waals surface area (Å²) in [5.74, 6) is -0.113. The van der Waals surface area contributed by atoms with Gasteiger partial charge in [0.15, 0.2) is 0 Å². The molecule has 0 unspecified atom stereocenters. The summed E-state index contributed by atoms with van der Waals surface area (Å²) >= 11 is 0. The smallest absolute Gasteiger partial charge is 0.407 e. The van der Waals surface area contributed by atoms with Gasteiger partial charge in [-0.3, -0.25) is 15.0 Å². The van der Waals surface area contributed by atoms with E-state index in [0.29, 0.717) is 0 Å². The van der Waals surface area contributed by atoms with Gasteiger partial charge in [0, 0.05) is 31.8 Å². The molecule has 0 aliphatic heterocycles. The first-order chi connectivity index (χ1) is 18.5. The van der Waals surface area contributed by atoms with E-state index in [4.69, 9.17) is 0 Å². The lowest BCUT2D eigenvalue weighted by Crippen LogP contribution is -2.52. The van der Waals surface area contributed by atoms with E-state index in [1.165, 1.54) is 0 Å². The van der Waals surface area contributed by atoms with Crippen molar-refractivity contribution in [1.82, 2.24) is 9.21 Å². The Hall–Kier alpha value is -3.80. The number of carboxylic acid groups (broad SMARTS) is 1. The first kappa shape index (κ1) is 29.8. The second-order valence-corrected chi connectivity index (χ2v) is 11.6. The maximum Gasteiger partial charge on any atom is 0.407 e. The van der Waals surface area contributed by atoms with Crippen molar-refractivity contribution in [1.29, 1.82) is 0 Å². The van der Waals surface area contributed by atoms with Crippen LogP contribution in [0.15, 0.2) is 89.8 Å². The van der Waals surface area contributed by atoms with E-state index in [-0.39, 0.29) is 42.6 Å². The fraction of sp³-hybridized carbons (Fsp3) is 0.321. The van der Waals surface area contributed by atoms with Crippen molar-refractivity contribution in [2.24, 2.45) is 5.92 Å². The molecule has 0 spiro atoms. The quantitative estimate of drug-likeness (QED) is 0.235. The van der Waals surface area contributed by atoms with Gasteiger partial charge in [-0.25, -0.2) is 13.2 Å². The first-order valence-corrected chi connectivity index (χ1v) is 13.9. The number of nitro groups is 1. The number of amides is 1. The Morgan fingerprint density at radius 1 is 0.897 bits per heavy atom. The molecule has 0 saturated heterocycles. The molecule has 0 aliphatic rings. The Balaban J connectivity index is 1.96. The highest BCUT2D eigenvalue weighted by Gasteiger charge is 2.35. The zero-order valence-electron chi connectivity index (χ0n) is 21.8. The molecule has 3 aromatic rings. The molecule has 208 valence electrons. The van der Waals surface area contributed by atoms with Gasteiger partial charge in [-0.1, -0.05) is 74.5 Å². The number of nitro benzene ring substituents is 1. The molecule has 1 amide bonds. The fourth-order valence-corrected chi connectivity index (χ4v) is 5.94. The maximum atomic E-state index is 13.6. The van der Waals surface area contributed by atoms with Crippen LogP contribution in [0.2, 0.25) is 0 Å². The van der Waals surface area contributed by atoms with E-state index >= 15 is 0 Å². The zero-order chi connectivity index (χ0) is 28.6. The Kier molecular flexibility index (Phi) is 10.2. The SMILES string of the molecule is CC(C)CN(C[C@@H](O)[C@H](Cc1ccccc1)N(Cc1ccccc1)C(=O)O)S(=O)(=O)c1ccc([N+](=O)[O-])cc1. The van der Waals surface area contributed by atoms with Crippen molar-refractivity contribution >= 4 is 21.8 Å². The molecule has 3 rings (SSSR count). The van der Waals surface area contributed by atoms with Crippen LogP contribution in [0.4, 0.5) is 10.5 Å². The monoisotopic (exact) mass is 555 g/mol. The second kappa shape index (κ2) is 13.3. The van der Waals surface area contributed by atoms with E-state index in [0.717, 1.165) is 44.6 Å². The number of aliphatic hydroxyl groups is 1.